The summed E-state index contributed by atoms with van der Waals surface area (Å²) in [5, 5.41) is 5.39. The molecule has 212 valence electrons. The second-order valence-electron chi connectivity index (χ2n) is 9.61. The van der Waals surface area contributed by atoms with Gasteiger partial charge in [0.25, 0.3) is 0 Å². The molecular weight excluding hydrogens is 635 g/mol. The molecular formula is C37H39Cl2SiZr-3. The Labute approximate surface area is 269 Å². The third-order valence-electron chi connectivity index (χ3n) is 6.26. The third kappa shape index (κ3) is 12.3. The molecule has 0 nitrogen and oxygen atoms in total. The molecule has 6 rings (SSSR count). The Morgan fingerprint density at radius 3 is 1.98 bits per heavy atom. The van der Waals surface area contributed by atoms with Gasteiger partial charge >= 0.3 is 37.9 Å². The van der Waals surface area contributed by atoms with E-state index in [2.05, 4.69) is 137 Å². The average Bonchev–Trinajstić information content (AvgIpc) is 3.67. The van der Waals surface area contributed by atoms with Crippen LogP contribution in [0.2, 0.25) is 13.1 Å². The van der Waals surface area contributed by atoms with Crippen LogP contribution in [-0.2, 0) is 27.3 Å². The summed E-state index contributed by atoms with van der Waals surface area (Å²) < 4.78 is 0. The Morgan fingerprint density at radius 1 is 0.805 bits per heavy atom. The molecule has 0 spiro atoms. The summed E-state index contributed by atoms with van der Waals surface area (Å²) >= 11 is -0.826. The zero-order chi connectivity index (χ0) is 29.9. The van der Waals surface area contributed by atoms with E-state index in [1.54, 1.807) is 0 Å². The summed E-state index contributed by atoms with van der Waals surface area (Å²) in [5.41, 5.74) is 5.48. The quantitative estimate of drug-likeness (QED) is 0.130. The molecule has 0 aromatic heterocycles. The van der Waals surface area contributed by atoms with Crippen LogP contribution in [0.5, 0.6) is 0 Å². The van der Waals surface area contributed by atoms with E-state index in [-0.39, 0.29) is 0 Å². The predicted molar refractivity (Wildman–Crippen MR) is 182 cm³/mol. The minimum absolute atomic E-state index is 0.588. The summed E-state index contributed by atoms with van der Waals surface area (Å²) in [7, 11) is 11.0. The van der Waals surface area contributed by atoms with E-state index in [0.717, 1.165) is 15.9 Å². The fourth-order valence-electron chi connectivity index (χ4n) is 4.21. The number of hydrogen-bond donors (Lipinski definition) is 0. The van der Waals surface area contributed by atoms with E-state index in [1.807, 2.05) is 30.3 Å². The molecule has 0 N–H and O–H groups in total. The Bertz CT molecular complexity index is 1430. The van der Waals surface area contributed by atoms with Crippen molar-refractivity contribution in [2.45, 2.75) is 46.2 Å². The number of benzene rings is 4. The average molecular weight is 674 g/mol. The van der Waals surface area contributed by atoms with Crippen LogP contribution in [0.4, 0.5) is 0 Å². The smallest absolute Gasteiger partial charge is 0.0809 e. The second-order valence-corrected chi connectivity index (χ2v) is 14.3. The molecule has 0 heterocycles. The van der Waals surface area contributed by atoms with E-state index in [1.165, 1.54) is 43.8 Å². The SMILES string of the molecule is CCc1cc2c(-c3ccc(C(C)C)cc3)cccc2[cH-]1.C[Si]C.[Cl][Zr][Cl].[c-]1ccccc1.c1ccc2[cH-]ccc2c1. The molecule has 0 unspecified atom stereocenters. The van der Waals surface area contributed by atoms with Gasteiger partial charge in [-0.3, -0.25) is 0 Å². The first kappa shape index (κ1) is 35.0. The van der Waals surface area contributed by atoms with Crippen molar-refractivity contribution in [3.8, 4) is 11.1 Å². The van der Waals surface area contributed by atoms with Crippen LogP contribution in [-0.4, -0.2) is 9.52 Å². The molecule has 6 aromatic rings. The molecule has 0 aliphatic carbocycles. The Balaban J connectivity index is 0.000000229. The van der Waals surface area contributed by atoms with Crippen molar-refractivity contribution in [2.24, 2.45) is 0 Å². The largest absolute Gasteiger partial charge is 0.184 e. The van der Waals surface area contributed by atoms with Crippen LogP contribution < -0.4 is 0 Å². The van der Waals surface area contributed by atoms with Gasteiger partial charge in [-0.05, 0) is 23.5 Å². The second kappa shape index (κ2) is 20.6. The van der Waals surface area contributed by atoms with Gasteiger partial charge < -0.3 is 0 Å². The van der Waals surface area contributed by atoms with Crippen molar-refractivity contribution in [1.29, 1.82) is 0 Å². The van der Waals surface area contributed by atoms with Crippen LogP contribution in [0.25, 0.3) is 32.7 Å². The maximum Gasteiger partial charge on any atom is -0.0809 e. The molecule has 0 aliphatic rings. The van der Waals surface area contributed by atoms with Crippen LogP contribution in [0.1, 0.15) is 37.8 Å². The Hall–Kier alpha value is -2.22. The summed E-state index contributed by atoms with van der Waals surface area (Å²) in [6, 6.07) is 47.4. The summed E-state index contributed by atoms with van der Waals surface area (Å²) in [5.74, 6) is 0.588. The van der Waals surface area contributed by atoms with Gasteiger partial charge in [-0.1, -0.05) is 75.8 Å². The number of aryl methyl sites for hydroxylation is 1. The van der Waals surface area contributed by atoms with Crippen molar-refractivity contribution in [3.63, 3.8) is 0 Å². The first-order valence-corrected chi connectivity index (χ1v) is 22.2. The van der Waals surface area contributed by atoms with Gasteiger partial charge in [0.05, 0.1) is 0 Å². The van der Waals surface area contributed by atoms with Crippen molar-refractivity contribution >= 4 is 48.1 Å². The van der Waals surface area contributed by atoms with E-state index in [9.17, 15) is 0 Å². The maximum atomic E-state index is 4.93. The van der Waals surface area contributed by atoms with Gasteiger partial charge in [-0.15, -0.1) is 64.2 Å². The van der Waals surface area contributed by atoms with E-state index >= 15 is 0 Å². The van der Waals surface area contributed by atoms with Crippen LogP contribution >= 0.6 is 17.0 Å². The standard InChI is InChI=1S/C20H21.C9H7.C6H5.C2H6Si.2ClH.Zr/c1-4-15-12-18-6-5-7-19(20(18)13-15)17-10-8-16(9-11-17)14(2)3;1-2-5-9-7-3-6-8(9)4-1;1-2-4-6-5-3-1;1-3-2;;;/h5-14H,4H2,1-3H3;1-7H;1-5H;1-2H3;2*1H;/q3*-1;;;;+2/p-2. The summed E-state index contributed by atoms with van der Waals surface area (Å²) in [6.07, 6.45) is 1.10. The molecule has 0 saturated carbocycles. The first-order valence-electron chi connectivity index (χ1n) is 13.8. The zero-order valence-corrected chi connectivity index (χ0v) is 29.6. The molecule has 0 saturated heterocycles. The third-order valence-corrected chi connectivity index (χ3v) is 6.26. The van der Waals surface area contributed by atoms with Crippen molar-refractivity contribution in [2.75, 3.05) is 0 Å². The number of hydrogen-bond acceptors (Lipinski definition) is 0. The number of halogens is 2. The number of fused-ring (bicyclic) bond motifs is 2. The minimum Gasteiger partial charge on any atom is -0.184 e. The minimum atomic E-state index is -0.826. The zero-order valence-electron chi connectivity index (χ0n) is 24.7. The maximum absolute atomic E-state index is 4.93. The van der Waals surface area contributed by atoms with Crippen molar-refractivity contribution in [3.05, 3.63) is 145 Å². The topological polar surface area (TPSA) is 0 Å². The molecule has 6 aromatic carbocycles. The summed E-state index contributed by atoms with van der Waals surface area (Å²) in [6.45, 7) is 11.0. The predicted octanol–water partition coefficient (Wildman–Crippen LogP) is 12.1. The van der Waals surface area contributed by atoms with Gasteiger partial charge in [-0.2, -0.15) is 60.0 Å². The first-order chi connectivity index (χ1) is 20.0. The Kier molecular flexibility index (Phi) is 17.6. The van der Waals surface area contributed by atoms with Crippen LogP contribution in [0.15, 0.2) is 127 Å². The van der Waals surface area contributed by atoms with Crippen LogP contribution in [0, 0.1) is 6.07 Å². The Morgan fingerprint density at radius 2 is 1.44 bits per heavy atom. The van der Waals surface area contributed by atoms with Crippen molar-refractivity contribution < 1.29 is 20.8 Å². The summed E-state index contributed by atoms with van der Waals surface area (Å²) in [4.78, 5) is 0. The van der Waals surface area contributed by atoms with Crippen molar-refractivity contribution in [1.82, 2.24) is 0 Å². The molecule has 0 atom stereocenters. The van der Waals surface area contributed by atoms with E-state index in [0.29, 0.717) is 5.92 Å². The van der Waals surface area contributed by atoms with Gasteiger partial charge in [-0.25, -0.2) is 0 Å². The molecule has 0 amide bonds. The normalized spacial score (nSPS) is 9.76. The van der Waals surface area contributed by atoms with Crippen LogP contribution in [0.3, 0.4) is 0 Å². The monoisotopic (exact) mass is 671 g/mol. The molecule has 0 fully saturated rings. The van der Waals surface area contributed by atoms with Gasteiger partial charge in [0, 0.05) is 9.52 Å². The molecule has 4 heteroatoms. The van der Waals surface area contributed by atoms with Gasteiger partial charge in [0.2, 0.25) is 0 Å². The molecule has 2 radical (unpaired) electrons. The fraction of sp³-hybridized carbons (Fsp3) is 0.189. The fourth-order valence-corrected chi connectivity index (χ4v) is 4.21. The molecule has 0 aliphatic heterocycles. The number of rotatable bonds is 3. The van der Waals surface area contributed by atoms with Gasteiger partial charge in [0.15, 0.2) is 0 Å². The molecule has 41 heavy (non-hydrogen) atoms. The van der Waals surface area contributed by atoms with Gasteiger partial charge in [0.1, 0.15) is 0 Å². The van der Waals surface area contributed by atoms with E-state index in [4.69, 9.17) is 17.0 Å². The molecule has 0 bridgehead atoms. The van der Waals surface area contributed by atoms with E-state index < -0.39 is 20.8 Å².